The Morgan fingerprint density at radius 2 is 2.04 bits per heavy atom. The average Bonchev–Trinajstić information content (AvgIpc) is 2.99. The van der Waals surface area contributed by atoms with Crippen molar-refractivity contribution in [1.29, 1.82) is 0 Å². The lowest BCUT2D eigenvalue weighted by molar-refractivity contribution is -0.120. The number of hydrogen-bond acceptors (Lipinski definition) is 4. The largest absolute Gasteiger partial charge is 0.368 e. The quantitative estimate of drug-likeness (QED) is 0.681. The highest BCUT2D eigenvalue weighted by Crippen LogP contribution is 2.32. The Balaban J connectivity index is 2.30. The first-order valence-electron chi connectivity index (χ1n) is 8.02. The fourth-order valence-electron chi connectivity index (χ4n) is 2.81. The number of hydrogen-bond donors (Lipinski definition) is 1. The molecule has 25 heavy (non-hydrogen) atoms. The van der Waals surface area contributed by atoms with Crippen LogP contribution in [0.25, 0.3) is 21.3 Å². The highest BCUT2D eigenvalue weighted by atomic mass is 79.9. The van der Waals surface area contributed by atoms with E-state index in [2.05, 4.69) is 20.9 Å². The zero-order valence-electron chi connectivity index (χ0n) is 14.0. The smallest absolute Gasteiger partial charge is 0.263 e. The van der Waals surface area contributed by atoms with Gasteiger partial charge in [0, 0.05) is 21.8 Å². The fourth-order valence-corrected chi connectivity index (χ4v) is 4.03. The second-order valence-electron chi connectivity index (χ2n) is 5.87. The van der Waals surface area contributed by atoms with Gasteiger partial charge in [0.15, 0.2) is 0 Å². The van der Waals surface area contributed by atoms with Gasteiger partial charge in [0.2, 0.25) is 5.91 Å². The van der Waals surface area contributed by atoms with Crippen LogP contribution < -0.4 is 11.3 Å². The molecular formula is C18H18BrN3O2S. The molecule has 1 atom stereocenters. The Hall–Kier alpha value is -1.99. The molecule has 7 heteroatoms. The summed E-state index contributed by atoms with van der Waals surface area (Å²) in [4.78, 5) is 30.3. The van der Waals surface area contributed by atoms with Crippen molar-refractivity contribution in [1.82, 2.24) is 9.55 Å². The molecule has 2 heterocycles. The van der Waals surface area contributed by atoms with Crippen LogP contribution in [-0.4, -0.2) is 15.5 Å². The molecule has 0 spiro atoms. The molecule has 0 aliphatic carbocycles. The van der Waals surface area contributed by atoms with Gasteiger partial charge in [-0.15, -0.1) is 11.3 Å². The van der Waals surface area contributed by atoms with Crippen molar-refractivity contribution in [2.75, 3.05) is 0 Å². The third-order valence-electron chi connectivity index (χ3n) is 4.14. The van der Waals surface area contributed by atoms with Gasteiger partial charge in [-0.1, -0.05) is 35.0 Å². The zero-order chi connectivity index (χ0) is 18.1. The van der Waals surface area contributed by atoms with Crippen LogP contribution in [0.5, 0.6) is 0 Å². The topological polar surface area (TPSA) is 78.0 Å². The number of aryl methyl sites for hydroxylation is 1. The maximum Gasteiger partial charge on any atom is 0.263 e. The molecule has 3 rings (SSSR count). The van der Waals surface area contributed by atoms with E-state index in [-0.39, 0.29) is 5.56 Å². The van der Waals surface area contributed by atoms with Gasteiger partial charge in [0.1, 0.15) is 16.7 Å². The Labute approximate surface area is 157 Å². The van der Waals surface area contributed by atoms with E-state index in [0.29, 0.717) is 22.5 Å². The van der Waals surface area contributed by atoms with Crippen molar-refractivity contribution >= 4 is 43.4 Å². The summed E-state index contributed by atoms with van der Waals surface area (Å²) in [7, 11) is 0. The molecule has 0 saturated heterocycles. The Kier molecular flexibility index (Phi) is 5.06. The molecule has 2 N–H and O–H groups in total. The molecule has 3 aromatic rings. The molecule has 0 bridgehead atoms. The van der Waals surface area contributed by atoms with E-state index in [0.717, 1.165) is 22.0 Å². The van der Waals surface area contributed by atoms with Crippen LogP contribution in [0.3, 0.4) is 0 Å². The van der Waals surface area contributed by atoms with Crippen LogP contribution in [0, 0.1) is 0 Å². The zero-order valence-corrected chi connectivity index (χ0v) is 16.4. The second kappa shape index (κ2) is 7.09. The highest BCUT2D eigenvalue weighted by Gasteiger charge is 2.22. The van der Waals surface area contributed by atoms with E-state index in [1.807, 2.05) is 36.6 Å². The number of primary amides is 1. The number of aromatic nitrogens is 2. The Bertz CT molecular complexity index is 992. The van der Waals surface area contributed by atoms with Crippen molar-refractivity contribution < 1.29 is 4.79 Å². The van der Waals surface area contributed by atoms with Crippen LogP contribution in [0.1, 0.15) is 32.1 Å². The van der Waals surface area contributed by atoms with Gasteiger partial charge in [-0.3, -0.25) is 14.2 Å². The number of rotatable bonds is 5. The monoisotopic (exact) mass is 419 g/mol. The number of benzene rings is 1. The standard InChI is InChI=1S/C18H18BrN3O2S/c1-3-4-14-21-17-15(18(24)22(14)10(2)16(20)23)13(9-25-17)11-5-7-12(19)8-6-11/h5-10H,3-4H2,1-2H3,(H2,20,23). The third-order valence-corrected chi connectivity index (χ3v) is 5.54. The van der Waals surface area contributed by atoms with Crippen molar-refractivity contribution in [3.05, 3.63) is 50.3 Å². The fraction of sp³-hybridized carbons (Fsp3) is 0.278. The number of halogens is 1. The van der Waals surface area contributed by atoms with Gasteiger partial charge in [-0.05, 0) is 31.0 Å². The van der Waals surface area contributed by atoms with Gasteiger partial charge in [0.25, 0.3) is 5.56 Å². The first kappa shape index (κ1) is 17.8. The lowest BCUT2D eigenvalue weighted by Crippen LogP contribution is -2.35. The van der Waals surface area contributed by atoms with Gasteiger partial charge in [-0.25, -0.2) is 4.98 Å². The first-order valence-corrected chi connectivity index (χ1v) is 9.69. The van der Waals surface area contributed by atoms with Crippen LogP contribution >= 0.6 is 27.3 Å². The number of nitrogens with two attached hydrogens (primary N) is 1. The van der Waals surface area contributed by atoms with Gasteiger partial charge < -0.3 is 5.73 Å². The summed E-state index contributed by atoms with van der Waals surface area (Å²) < 4.78 is 2.42. The van der Waals surface area contributed by atoms with Crippen molar-refractivity contribution in [3.63, 3.8) is 0 Å². The minimum Gasteiger partial charge on any atom is -0.368 e. The molecule has 2 aromatic heterocycles. The Morgan fingerprint density at radius 1 is 1.36 bits per heavy atom. The second-order valence-corrected chi connectivity index (χ2v) is 7.64. The van der Waals surface area contributed by atoms with Crippen LogP contribution in [-0.2, 0) is 11.2 Å². The number of carbonyl (C=O) groups is 1. The van der Waals surface area contributed by atoms with E-state index in [1.165, 1.54) is 15.9 Å². The summed E-state index contributed by atoms with van der Waals surface area (Å²) in [5.74, 6) is 0.0662. The summed E-state index contributed by atoms with van der Waals surface area (Å²) in [6.07, 6.45) is 1.45. The predicted octanol–water partition coefficient (Wildman–Crippen LogP) is 3.89. The van der Waals surface area contributed by atoms with Crippen LogP contribution in [0.2, 0.25) is 0 Å². The first-order chi connectivity index (χ1) is 11.9. The molecule has 1 aromatic carbocycles. The maximum absolute atomic E-state index is 13.2. The minimum absolute atomic E-state index is 0.209. The summed E-state index contributed by atoms with van der Waals surface area (Å²) in [6.45, 7) is 3.65. The van der Waals surface area contributed by atoms with E-state index < -0.39 is 11.9 Å². The molecule has 130 valence electrons. The summed E-state index contributed by atoms with van der Waals surface area (Å²) in [6, 6.07) is 7.04. The molecular weight excluding hydrogens is 402 g/mol. The lowest BCUT2D eigenvalue weighted by atomic mass is 10.1. The number of fused-ring (bicyclic) bond motifs is 1. The average molecular weight is 420 g/mol. The van der Waals surface area contributed by atoms with E-state index in [1.54, 1.807) is 6.92 Å². The van der Waals surface area contributed by atoms with Crippen LogP contribution in [0.15, 0.2) is 38.9 Å². The SMILES string of the molecule is CCCc1nc2scc(-c3ccc(Br)cc3)c2c(=O)n1C(C)C(N)=O. The predicted molar refractivity (Wildman–Crippen MR) is 105 cm³/mol. The van der Waals surface area contributed by atoms with Crippen molar-refractivity contribution in [2.24, 2.45) is 5.73 Å². The molecule has 1 unspecified atom stereocenters. The number of carbonyl (C=O) groups excluding carboxylic acids is 1. The molecule has 1 amide bonds. The summed E-state index contributed by atoms with van der Waals surface area (Å²) in [5, 5.41) is 2.48. The van der Waals surface area contributed by atoms with E-state index in [4.69, 9.17) is 5.73 Å². The van der Waals surface area contributed by atoms with E-state index >= 15 is 0 Å². The molecule has 0 saturated carbocycles. The third kappa shape index (κ3) is 3.26. The number of amides is 1. The number of nitrogens with zero attached hydrogens (tertiary/aromatic N) is 2. The Morgan fingerprint density at radius 3 is 2.64 bits per heavy atom. The van der Waals surface area contributed by atoms with Gasteiger partial charge in [0.05, 0.1) is 5.39 Å². The van der Waals surface area contributed by atoms with Crippen molar-refractivity contribution in [2.45, 2.75) is 32.7 Å². The van der Waals surface area contributed by atoms with Crippen molar-refractivity contribution in [3.8, 4) is 11.1 Å². The lowest BCUT2D eigenvalue weighted by Gasteiger charge is -2.16. The molecule has 0 radical (unpaired) electrons. The maximum atomic E-state index is 13.2. The van der Waals surface area contributed by atoms with Crippen LogP contribution in [0.4, 0.5) is 0 Å². The molecule has 0 fully saturated rings. The summed E-state index contributed by atoms with van der Waals surface area (Å²) in [5.41, 5.74) is 7.02. The van der Waals surface area contributed by atoms with Gasteiger partial charge in [-0.2, -0.15) is 0 Å². The molecule has 0 aliphatic rings. The normalized spacial score (nSPS) is 12.4. The molecule has 0 aliphatic heterocycles. The summed E-state index contributed by atoms with van der Waals surface area (Å²) >= 11 is 4.86. The minimum atomic E-state index is -0.733. The van der Waals surface area contributed by atoms with E-state index in [9.17, 15) is 9.59 Å². The highest BCUT2D eigenvalue weighted by molar-refractivity contribution is 9.10. The molecule has 5 nitrogen and oxygen atoms in total. The van der Waals surface area contributed by atoms with Gasteiger partial charge >= 0.3 is 0 Å². The number of thiophene rings is 1.